The van der Waals surface area contributed by atoms with Crippen LogP contribution >= 0.6 is 0 Å². The molecule has 0 aliphatic heterocycles. The molecule has 1 aromatic carbocycles. The largest absolute Gasteiger partial charge is 0.379 e. The molecule has 0 atom stereocenters. The van der Waals surface area contributed by atoms with Crippen molar-refractivity contribution in [1.82, 2.24) is 9.97 Å². The molecule has 1 heterocycles. The number of aromatic nitrogens is 2. The molecule has 2 aromatic rings. The minimum absolute atomic E-state index is 0.457. The van der Waals surface area contributed by atoms with Gasteiger partial charge in [0.05, 0.1) is 31.1 Å². The molecule has 0 fully saturated rings. The van der Waals surface area contributed by atoms with E-state index in [1.54, 1.807) is 6.33 Å². The number of nitrogens with zero attached hydrogens (tertiary/aromatic N) is 2. The summed E-state index contributed by atoms with van der Waals surface area (Å²) in [6.07, 6.45) is 2.15. The molecular weight excluding hydrogens is 212 g/mol. The van der Waals surface area contributed by atoms with Gasteiger partial charge >= 0.3 is 0 Å². The topological polar surface area (TPSA) is 64.5 Å². The van der Waals surface area contributed by atoms with Gasteiger partial charge in [-0.25, -0.2) is 4.98 Å². The summed E-state index contributed by atoms with van der Waals surface area (Å²) in [7, 11) is 0. The van der Waals surface area contributed by atoms with Gasteiger partial charge in [-0.15, -0.1) is 0 Å². The zero-order valence-electron chi connectivity index (χ0n) is 9.70. The number of hydrogen-bond donors (Lipinski definition) is 2. The molecule has 86 valence electrons. The van der Waals surface area contributed by atoms with Crippen molar-refractivity contribution in [2.45, 2.75) is 19.9 Å². The highest BCUT2D eigenvalue weighted by Gasteiger charge is 2.00. The zero-order valence-corrected chi connectivity index (χ0v) is 9.70. The third kappa shape index (κ3) is 2.85. The minimum atomic E-state index is 0.457. The number of rotatable bonds is 4. The Balaban J connectivity index is 1.96. The lowest BCUT2D eigenvalue weighted by Gasteiger charge is -2.05. The molecule has 0 spiro atoms. The number of nitriles is 1. The van der Waals surface area contributed by atoms with E-state index in [0.717, 1.165) is 22.6 Å². The summed E-state index contributed by atoms with van der Waals surface area (Å²) in [4.78, 5) is 7.26. The summed E-state index contributed by atoms with van der Waals surface area (Å²) < 4.78 is 0. The van der Waals surface area contributed by atoms with Crippen LogP contribution in [-0.4, -0.2) is 9.97 Å². The van der Waals surface area contributed by atoms with E-state index in [9.17, 15) is 0 Å². The molecule has 4 heteroatoms. The molecule has 0 bridgehead atoms. The summed E-state index contributed by atoms with van der Waals surface area (Å²) in [6, 6.07) is 10.0. The van der Waals surface area contributed by atoms with Gasteiger partial charge in [0.25, 0.3) is 0 Å². The molecule has 0 aliphatic rings. The Kier molecular flexibility index (Phi) is 3.41. The SMILES string of the molecule is Cc1[nH]cnc1CNc1ccc(CC#N)cc1. The molecule has 17 heavy (non-hydrogen) atoms. The number of hydrogen-bond acceptors (Lipinski definition) is 3. The first-order valence-corrected chi connectivity index (χ1v) is 5.48. The van der Waals surface area contributed by atoms with Gasteiger partial charge in [-0.05, 0) is 24.6 Å². The summed E-state index contributed by atoms with van der Waals surface area (Å²) in [6.45, 7) is 2.70. The van der Waals surface area contributed by atoms with Crippen molar-refractivity contribution in [3.8, 4) is 6.07 Å². The van der Waals surface area contributed by atoms with E-state index < -0.39 is 0 Å². The predicted molar refractivity (Wildman–Crippen MR) is 66.4 cm³/mol. The first kappa shape index (κ1) is 11.2. The van der Waals surface area contributed by atoms with E-state index >= 15 is 0 Å². The molecule has 2 N–H and O–H groups in total. The van der Waals surface area contributed by atoms with E-state index in [0.29, 0.717) is 13.0 Å². The Morgan fingerprint density at radius 2 is 2.12 bits per heavy atom. The predicted octanol–water partition coefficient (Wildman–Crippen LogP) is 2.40. The summed E-state index contributed by atoms with van der Waals surface area (Å²) >= 11 is 0. The van der Waals surface area contributed by atoms with Crippen LogP contribution in [0.15, 0.2) is 30.6 Å². The lowest BCUT2D eigenvalue weighted by molar-refractivity contribution is 1.05. The standard InChI is InChI=1S/C13H14N4/c1-10-13(17-9-16-10)8-15-12-4-2-11(3-5-12)6-7-14/h2-5,9,15H,6,8H2,1H3,(H,16,17). The van der Waals surface area contributed by atoms with Crippen molar-refractivity contribution in [3.05, 3.63) is 47.5 Å². The van der Waals surface area contributed by atoms with Crippen LogP contribution in [0.2, 0.25) is 0 Å². The molecule has 2 rings (SSSR count). The van der Waals surface area contributed by atoms with E-state index in [1.807, 2.05) is 31.2 Å². The Morgan fingerprint density at radius 3 is 2.71 bits per heavy atom. The van der Waals surface area contributed by atoms with Gasteiger partial charge in [-0.1, -0.05) is 12.1 Å². The van der Waals surface area contributed by atoms with Crippen molar-refractivity contribution in [2.75, 3.05) is 5.32 Å². The Hall–Kier alpha value is -2.28. The summed E-state index contributed by atoms with van der Waals surface area (Å²) in [5, 5.41) is 11.9. The van der Waals surface area contributed by atoms with E-state index in [1.165, 1.54) is 0 Å². The second-order valence-electron chi connectivity index (χ2n) is 3.86. The lowest BCUT2D eigenvalue weighted by atomic mass is 10.1. The van der Waals surface area contributed by atoms with Gasteiger partial charge in [0.15, 0.2) is 0 Å². The average molecular weight is 226 g/mol. The molecule has 0 saturated carbocycles. The van der Waals surface area contributed by atoms with Crippen LogP contribution in [0.4, 0.5) is 5.69 Å². The van der Waals surface area contributed by atoms with Crippen LogP contribution in [0, 0.1) is 18.3 Å². The monoisotopic (exact) mass is 226 g/mol. The molecule has 0 amide bonds. The maximum Gasteiger partial charge on any atom is 0.0925 e. The van der Waals surface area contributed by atoms with Crippen LogP contribution in [0.1, 0.15) is 17.0 Å². The van der Waals surface area contributed by atoms with Gasteiger partial charge in [0, 0.05) is 11.4 Å². The number of imidazole rings is 1. The number of anilines is 1. The fourth-order valence-electron chi connectivity index (χ4n) is 1.58. The molecule has 0 unspecified atom stereocenters. The van der Waals surface area contributed by atoms with Crippen molar-refractivity contribution in [1.29, 1.82) is 5.26 Å². The van der Waals surface area contributed by atoms with Crippen molar-refractivity contribution < 1.29 is 0 Å². The molecule has 4 nitrogen and oxygen atoms in total. The second kappa shape index (κ2) is 5.17. The molecule has 0 saturated heterocycles. The highest BCUT2D eigenvalue weighted by molar-refractivity contribution is 5.45. The molecular formula is C13H14N4. The third-order valence-corrected chi connectivity index (χ3v) is 2.63. The van der Waals surface area contributed by atoms with Crippen molar-refractivity contribution in [2.24, 2.45) is 0 Å². The summed E-state index contributed by atoms with van der Waals surface area (Å²) in [5.74, 6) is 0. The van der Waals surface area contributed by atoms with E-state index in [4.69, 9.17) is 5.26 Å². The fraction of sp³-hybridized carbons (Fsp3) is 0.231. The third-order valence-electron chi connectivity index (χ3n) is 2.63. The number of H-pyrrole nitrogens is 1. The Bertz CT molecular complexity index is 519. The lowest BCUT2D eigenvalue weighted by Crippen LogP contribution is -2.01. The van der Waals surface area contributed by atoms with Crippen LogP contribution in [-0.2, 0) is 13.0 Å². The maximum atomic E-state index is 8.57. The highest BCUT2D eigenvalue weighted by atomic mass is 14.9. The quantitative estimate of drug-likeness (QED) is 0.841. The number of aryl methyl sites for hydroxylation is 1. The summed E-state index contributed by atoms with van der Waals surface area (Å²) in [5.41, 5.74) is 4.17. The first-order valence-electron chi connectivity index (χ1n) is 5.48. The van der Waals surface area contributed by atoms with Crippen molar-refractivity contribution >= 4 is 5.69 Å². The Labute approximate surface area is 100 Å². The van der Waals surface area contributed by atoms with Gasteiger partial charge in [-0.2, -0.15) is 5.26 Å². The fourth-order valence-corrected chi connectivity index (χ4v) is 1.58. The van der Waals surface area contributed by atoms with Crippen molar-refractivity contribution in [3.63, 3.8) is 0 Å². The van der Waals surface area contributed by atoms with Crippen LogP contribution in [0.25, 0.3) is 0 Å². The minimum Gasteiger partial charge on any atom is -0.379 e. The van der Waals surface area contributed by atoms with E-state index in [-0.39, 0.29) is 0 Å². The Morgan fingerprint density at radius 1 is 1.35 bits per heavy atom. The smallest absolute Gasteiger partial charge is 0.0925 e. The van der Waals surface area contributed by atoms with Gasteiger partial charge in [0.2, 0.25) is 0 Å². The van der Waals surface area contributed by atoms with Crippen LogP contribution in [0.3, 0.4) is 0 Å². The number of nitrogens with one attached hydrogen (secondary N) is 2. The highest BCUT2D eigenvalue weighted by Crippen LogP contribution is 2.11. The van der Waals surface area contributed by atoms with Crippen LogP contribution < -0.4 is 5.32 Å². The van der Waals surface area contributed by atoms with Gasteiger partial charge in [-0.3, -0.25) is 0 Å². The normalized spacial score (nSPS) is 9.88. The number of benzene rings is 1. The second-order valence-corrected chi connectivity index (χ2v) is 3.86. The molecule has 1 aromatic heterocycles. The van der Waals surface area contributed by atoms with Crippen LogP contribution in [0.5, 0.6) is 0 Å². The van der Waals surface area contributed by atoms with Gasteiger partial charge in [0.1, 0.15) is 0 Å². The first-order chi connectivity index (χ1) is 8.29. The number of aromatic amines is 1. The van der Waals surface area contributed by atoms with Gasteiger partial charge < -0.3 is 10.3 Å². The zero-order chi connectivity index (χ0) is 12.1. The maximum absolute atomic E-state index is 8.57. The average Bonchev–Trinajstić information content (AvgIpc) is 2.75. The van der Waals surface area contributed by atoms with E-state index in [2.05, 4.69) is 21.4 Å². The molecule has 0 aliphatic carbocycles. The molecule has 0 radical (unpaired) electrons.